The van der Waals surface area contributed by atoms with E-state index in [9.17, 15) is 31.1 Å². The Kier molecular flexibility index (Phi) is 4.12. The first-order chi connectivity index (χ1) is 8.57. The van der Waals surface area contributed by atoms with Crippen molar-refractivity contribution in [2.75, 3.05) is 6.61 Å². The molecule has 0 aliphatic rings. The molecule has 0 aliphatic carbocycles. The number of halogens is 6. The summed E-state index contributed by atoms with van der Waals surface area (Å²) >= 11 is 0. The topological polar surface area (TPSA) is 26.3 Å². The zero-order valence-electron chi connectivity index (χ0n) is 9.52. The van der Waals surface area contributed by atoms with Crippen molar-refractivity contribution in [1.29, 1.82) is 0 Å². The fraction of sp³-hybridized carbons (Fsp3) is 0.364. The SMILES string of the molecule is CCOc1ccc(C(F)(F)F)cc1C(=O)C(F)(F)F. The van der Waals surface area contributed by atoms with Crippen molar-refractivity contribution in [3.05, 3.63) is 29.3 Å². The Balaban J connectivity index is 3.35. The lowest BCUT2D eigenvalue weighted by Gasteiger charge is -2.14. The maximum Gasteiger partial charge on any atom is 0.455 e. The molecule has 0 bridgehead atoms. The molecule has 0 fully saturated rings. The Hall–Kier alpha value is -1.73. The van der Waals surface area contributed by atoms with Crippen LogP contribution in [0.1, 0.15) is 22.8 Å². The van der Waals surface area contributed by atoms with Crippen LogP contribution in [0.4, 0.5) is 26.3 Å². The highest BCUT2D eigenvalue weighted by molar-refractivity contribution is 6.02. The molecule has 0 N–H and O–H groups in total. The van der Waals surface area contributed by atoms with Gasteiger partial charge in [0, 0.05) is 0 Å². The first-order valence-corrected chi connectivity index (χ1v) is 5.03. The zero-order valence-corrected chi connectivity index (χ0v) is 9.52. The molecule has 2 nitrogen and oxygen atoms in total. The minimum Gasteiger partial charge on any atom is -0.493 e. The van der Waals surface area contributed by atoms with Gasteiger partial charge in [0.1, 0.15) is 5.75 Å². The summed E-state index contributed by atoms with van der Waals surface area (Å²) in [7, 11) is 0. The second kappa shape index (κ2) is 5.10. The average molecular weight is 286 g/mol. The second-order valence-corrected chi connectivity index (χ2v) is 3.47. The van der Waals surface area contributed by atoms with Crippen molar-refractivity contribution in [3.8, 4) is 5.75 Å². The van der Waals surface area contributed by atoms with Gasteiger partial charge in [-0.25, -0.2) is 0 Å². The quantitative estimate of drug-likeness (QED) is 0.623. The lowest BCUT2D eigenvalue weighted by molar-refractivity contribution is -0.137. The van der Waals surface area contributed by atoms with E-state index < -0.39 is 35.0 Å². The van der Waals surface area contributed by atoms with Crippen LogP contribution in [0.15, 0.2) is 18.2 Å². The predicted molar refractivity (Wildman–Crippen MR) is 53.0 cm³/mol. The van der Waals surface area contributed by atoms with E-state index in [1.165, 1.54) is 6.92 Å². The molecule has 0 saturated heterocycles. The molecule has 0 spiro atoms. The monoisotopic (exact) mass is 286 g/mol. The van der Waals surface area contributed by atoms with Crippen LogP contribution in [0.3, 0.4) is 0 Å². The number of rotatable bonds is 3. The summed E-state index contributed by atoms with van der Waals surface area (Å²) in [5.74, 6) is -2.90. The standard InChI is InChI=1S/C11H8F6O2/c1-2-19-8-4-3-6(10(12,13)14)5-7(8)9(18)11(15,16)17/h3-5H,2H2,1H3. The summed E-state index contributed by atoms with van der Waals surface area (Å²) in [6, 6.07) is 1.39. The summed E-state index contributed by atoms with van der Waals surface area (Å²) in [4.78, 5) is 11.1. The van der Waals surface area contributed by atoms with Crippen LogP contribution in [-0.4, -0.2) is 18.6 Å². The van der Waals surface area contributed by atoms with Crippen LogP contribution in [0, 0.1) is 0 Å². The normalized spacial score (nSPS) is 12.4. The molecule has 0 amide bonds. The molecule has 0 aromatic heterocycles. The van der Waals surface area contributed by atoms with Crippen molar-refractivity contribution >= 4 is 5.78 Å². The van der Waals surface area contributed by atoms with Gasteiger partial charge >= 0.3 is 12.4 Å². The fourth-order valence-corrected chi connectivity index (χ4v) is 1.32. The van der Waals surface area contributed by atoms with E-state index >= 15 is 0 Å². The van der Waals surface area contributed by atoms with Crippen LogP contribution < -0.4 is 4.74 Å². The van der Waals surface area contributed by atoms with E-state index in [0.29, 0.717) is 12.1 Å². The molecule has 0 radical (unpaired) electrons. The van der Waals surface area contributed by atoms with Gasteiger partial charge in [0.05, 0.1) is 17.7 Å². The van der Waals surface area contributed by atoms with Crippen molar-refractivity contribution in [3.63, 3.8) is 0 Å². The van der Waals surface area contributed by atoms with Gasteiger partial charge in [0.25, 0.3) is 5.78 Å². The van der Waals surface area contributed by atoms with Gasteiger partial charge in [-0.1, -0.05) is 0 Å². The van der Waals surface area contributed by atoms with Crippen LogP contribution >= 0.6 is 0 Å². The number of alkyl halides is 6. The van der Waals surface area contributed by atoms with E-state index in [1.807, 2.05) is 0 Å². The molecule has 0 heterocycles. The van der Waals surface area contributed by atoms with Gasteiger partial charge in [-0.05, 0) is 25.1 Å². The number of carbonyl (C=O) groups excluding carboxylic acids is 1. The lowest BCUT2D eigenvalue weighted by Crippen LogP contribution is -2.24. The van der Waals surface area contributed by atoms with Crippen LogP contribution in [0.5, 0.6) is 5.75 Å². The minimum atomic E-state index is -5.27. The van der Waals surface area contributed by atoms with Crippen molar-refractivity contribution < 1.29 is 35.9 Å². The zero-order chi connectivity index (χ0) is 14.8. The second-order valence-electron chi connectivity index (χ2n) is 3.47. The highest BCUT2D eigenvalue weighted by Gasteiger charge is 2.42. The van der Waals surface area contributed by atoms with Crippen LogP contribution in [-0.2, 0) is 6.18 Å². The number of ketones is 1. The molecule has 0 unspecified atom stereocenters. The van der Waals surface area contributed by atoms with Gasteiger partial charge in [0.2, 0.25) is 0 Å². The molecular weight excluding hydrogens is 278 g/mol. The number of hydrogen-bond donors (Lipinski definition) is 0. The van der Waals surface area contributed by atoms with Crippen LogP contribution in [0.25, 0.3) is 0 Å². The first kappa shape index (κ1) is 15.3. The van der Waals surface area contributed by atoms with Gasteiger partial charge < -0.3 is 4.74 Å². The number of Topliss-reactive ketones (excluding diaryl/α,β-unsaturated/α-hetero) is 1. The molecule has 106 valence electrons. The fourth-order valence-electron chi connectivity index (χ4n) is 1.32. The van der Waals surface area contributed by atoms with E-state index in [-0.39, 0.29) is 12.7 Å². The molecule has 8 heteroatoms. The Morgan fingerprint density at radius 3 is 2.16 bits per heavy atom. The number of carbonyl (C=O) groups is 1. The lowest BCUT2D eigenvalue weighted by atomic mass is 10.1. The first-order valence-electron chi connectivity index (χ1n) is 5.03. The maximum atomic E-state index is 12.4. The average Bonchev–Trinajstić information content (AvgIpc) is 2.26. The van der Waals surface area contributed by atoms with Crippen molar-refractivity contribution in [1.82, 2.24) is 0 Å². The van der Waals surface area contributed by atoms with Crippen LogP contribution in [0.2, 0.25) is 0 Å². The molecule has 1 aromatic carbocycles. The highest BCUT2D eigenvalue weighted by atomic mass is 19.4. The summed E-state index contributed by atoms with van der Waals surface area (Å²) < 4.78 is 78.9. The Labute approximate surface area is 104 Å². The van der Waals surface area contributed by atoms with Gasteiger partial charge in [-0.3, -0.25) is 4.79 Å². The summed E-state index contributed by atoms with van der Waals surface area (Å²) in [6.07, 6.45) is -10.1. The maximum absolute atomic E-state index is 12.4. The summed E-state index contributed by atoms with van der Waals surface area (Å²) in [5.41, 5.74) is -2.49. The number of benzene rings is 1. The van der Waals surface area contributed by atoms with Gasteiger partial charge in [0.15, 0.2) is 0 Å². The summed E-state index contributed by atoms with van der Waals surface area (Å²) in [6.45, 7) is 1.35. The van der Waals surface area contributed by atoms with Crippen molar-refractivity contribution in [2.24, 2.45) is 0 Å². The van der Waals surface area contributed by atoms with Gasteiger partial charge in [-0.2, -0.15) is 26.3 Å². The predicted octanol–water partition coefficient (Wildman–Crippen LogP) is 3.85. The third kappa shape index (κ3) is 3.62. The smallest absolute Gasteiger partial charge is 0.455 e. The minimum absolute atomic E-state index is 0.0799. The number of hydrogen-bond acceptors (Lipinski definition) is 2. The molecule has 19 heavy (non-hydrogen) atoms. The molecule has 0 saturated carbocycles. The molecule has 1 aromatic rings. The van der Waals surface area contributed by atoms with Crippen molar-refractivity contribution in [2.45, 2.75) is 19.3 Å². The third-order valence-corrected chi connectivity index (χ3v) is 2.11. The Morgan fingerprint density at radius 1 is 1.16 bits per heavy atom. The van der Waals surface area contributed by atoms with E-state index in [1.54, 1.807) is 0 Å². The Bertz CT molecular complexity index is 475. The molecule has 0 atom stereocenters. The van der Waals surface area contributed by atoms with E-state index in [2.05, 4.69) is 0 Å². The largest absolute Gasteiger partial charge is 0.493 e. The molecule has 1 rings (SSSR count). The summed E-state index contributed by atoms with van der Waals surface area (Å²) in [5, 5.41) is 0. The third-order valence-electron chi connectivity index (χ3n) is 2.11. The van der Waals surface area contributed by atoms with E-state index in [0.717, 1.165) is 0 Å². The number of ether oxygens (including phenoxy) is 1. The van der Waals surface area contributed by atoms with Gasteiger partial charge in [-0.15, -0.1) is 0 Å². The molecule has 0 aliphatic heterocycles. The van der Waals surface area contributed by atoms with E-state index in [4.69, 9.17) is 4.74 Å². The Morgan fingerprint density at radius 2 is 1.74 bits per heavy atom. The highest BCUT2D eigenvalue weighted by Crippen LogP contribution is 2.35. The molecular formula is C11H8F6O2.